The first-order chi connectivity index (χ1) is 7.81. The van der Waals surface area contributed by atoms with Crippen LogP contribution < -0.4 is 5.32 Å². The Morgan fingerprint density at radius 1 is 1.31 bits per heavy atom. The summed E-state index contributed by atoms with van der Waals surface area (Å²) in [6, 6.07) is 3.04. The minimum Gasteiger partial charge on any atom is -0.320 e. The number of unbranched alkanes of at least 4 members (excludes halogenated alkanes) is 1. The summed E-state index contributed by atoms with van der Waals surface area (Å²) >= 11 is 0. The summed E-state index contributed by atoms with van der Waals surface area (Å²) in [6.07, 6.45) is 4.37. The van der Waals surface area contributed by atoms with Gasteiger partial charge in [-0.05, 0) is 38.6 Å². The van der Waals surface area contributed by atoms with Gasteiger partial charge in [0.25, 0.3) is 0 Å². The highest BCUT2D eigenvalue weighted by Gasteiger charge is 2.05. The van der Waals surface area contributed by atoms with E-state index in [0.717, 1.165) is 31.6 Å². The molecule has 0 unspecified atom stereocenters. The average Bonchev–Trinajstić information content (AvgIpc) is 2.67. The van der Waals surface area contributed by atoms with Crippen LogP contribution >= 0.6 is 0 Å². The molecule has 2 rings (SSSR count). The van der Waals surface area contributed by atoms with E-state index in [2.05, 4.69) is 15.5 Å². The molecule has 0 atom stereocenters. The minimum atomic E-state index is -0.260. The molecule has 2 aromatic rings. The van der Waals surface area contributed by atoms with Crippen LogP contribution in [0.1, 0.15) is 18.7 Å². The molecule has 0 aromatic carbocycles. The molecule has 0 bridgehead atoms. The van der Waals surface area contributed by atoms with Gasteiger partial charge in [-0.2, -0.15) is 0 Å². The molecule has 0 radical (unpaired) electrons. The van der Waals surface area contributed by atoms with Crippen molar-refractivity contribution < 1.29 is 4.39 Å². The third kappa shape index (κ3) is 2.36. The Labute approximate surface area is 93.5 Å². The van der Waals surface area contributed by atoms with Gasteiger partial charge < -0.3 is 5.32 Å². The first-order valence-electron chi connectivity index (χ1n) is 5.45. The van der Waals surface area contributed by atoms with E-state index in [-0.39, 0.29) is 5.82 Å². The number of fused-ring (bicyclic) bond motifs is 1. The van der Waals surface area contributed by atoms with Crippen molar-refractivity contribution in [3.05, 3.63) is 30.0 Å². The van der Waals surface area contributed by atoms with Crippen molar-refractivity contribution in [2.24, 2.45) is 0 Å². The van der Waals surface area contributed by atoms with Crippen molar-refractivity contribution in [2.75, 3.05) is 13.6 Å². The molecule has 0 saturated carbocycles. The van der Waals surface area contributed by atoms with Gasteiger partial charge in [0.05, 0.1) is 0 Å². The van der Waals surface area contributed by atoms with Gasteiger partial charge in [0.15, 0.2) is 5.65 Å². The van der Waals surface area contributed by atoms with Gasteiger partial charge in [0, 0.05) is 12.6 Å². The van der Waals surface area contributed by atoms with Crippen LogP contribution in [0.15, 0.2) is 18.3 Å². The predicted molar refractivity (Wildman–Crippen MR) is 59.8 cm³/mol. The molecule has 0 spiro atoms. The first kappa shape index (κ1) is 11.0. The van der Waals surface area contributed by atoms with Crippen molar-refractivity contribution in [3.63, 3.8) is 0 Å². The standard InChI is InChI=1S/C11H15FN4/c1-13-7-3-2-4-10-14-15-11-6-5-9(12)8-16(10)11/h5-6,8,13H,2-4,7H2,1H3. The fourth-order valence-electron chi connectivity index (χ4n) is 1.67. The summed E-state index contributed by atoms with van der Waals surface area (Å²) in [5.74, 6) is 0.564. The van der Waals surface area contributed by atoms with Gasteiger partial charge in [-0.25, -0.2) is 4.39 Å². The van der Waals surface area contributed by atoms with Crippen molar-refractivity contribution in [2.45, 2.75) is 19.3 Å². The van der Waals surface area contributed by atoms with Crippen LogP contribution in [-0.4, -0.2) is 28.2 Å². The van der Waals surface area contributed by atoms with Gasteiger partial charge in [-0.15, -0.1) is 10.2 Å². The summed E-state index contributed by atoms with van der Waals surface area (Å²) < 4.78 is 14.8. The van der Waals surface area contributed by atoms with E-state index in [4.69, 9.17) is 0 Å². The highest BCUT2D eigenvalue weighted by atomic mass is 19.1. The highest BCUT2D eigenvalue weighted by Crippen LogP contribution is 2.08. The van der Waals surface area contributed by atoms with E-state index in [1.807, 2.05) is 7.05 Å². The van der Waals surface area contributed by atoms with Gasteiger partial charge in [0.2, 0.25) is 0 Å². The second-order valence-electron chi connectivity index (χ2n) is 3.75. The lowest BCUT2D eigenvalue weighted by molar-refractivity contribution is 0.614. The fourth-order valence-corrected chi connectivity index (χ4v) is 1.67. The van der Waals surface area contributed by atoms with Crippen molar-refractivity contribution >= 4 is 5.65 Å². The van der Waals surface area contributed by atoms with Crippen LogP contribution in [0.2, 0.25) is 0 Å². The lowest BCUT2D eigenvalue weighted by Crippen LogP contribution is -2.08. The summed E-state index contributed by atoms with van der Waals surface area (Å²) in [7, 11) is 1.93. The van der Waals surface area contributed by atoms with Crippen molar-refractivity contribution in [1.82, 2.24) is 19.9 Å². The lowest BCUT2D eigenvalue weighted by Gasteiger charge is -2.00. The van der Waals surface area contributed by atoms with E-state index < -0.39 is 0 Å². The van der Waals surface area contributed by atoms with E-state index in [1.54, 1.807) is 10.5 Å². The van der Waals surface area contributed by atoms with Crippen molar-refractivity contribution in [1.29, 1.82) is 0 Å². The zero-order chi connectivity index (χ0) is 11.4. The zero-order valence-corrected chi connectivity index (χ0v) is 9.28. The smallest absolute Gasteiger partial charge is 0.160 e. The van der Waals surface area contributed by atoms with Gasteiger partial charge in [0.1, 0.15) is 11.6 Å². The lowest BCUT2D eigenvalue weighted by atomic mass is 10.2. The minimum absolute atomic E-state index is 0.260. The Hall–Kier alpha value is -1.49. The number of aromatic nitrogens is 3. The summed E-state index contributed by atoms with van der Waals surface area (Å²) in [6.45, 7) is 0.991. The van der Waals surface area contributed by atoms with E-state index in [0.29, 0.717) is 5.65 Å². The molecule has 0 amide bonds. The van der Waals surface area contributed by atoms with Crippen LogP contribution in [-0.2, 0) is 6.42 Å². The molecule has 0 aliphatic rings. The number of nitrogens with one attached hydrogen (secondary N) is 1. The molecule has 0 fully saturated rings. The molecule has 2 heterocycles. The number of halogens is 1. The van der Waals surface area contributed by atoms with E-state index >= 15 is 0 Å². The topological polar surface area (TPSA) is 42.2 Å². The number of hydrogen-bond donors (Lipinski definition) is 1. The first-order valence-corrected chi connectivity index (χ1v) is 5.45. The summed E-state index contributed by atoms with van der Waals surface area (Å²) in [5.41, 5.74) is 0.699. The Morgan fingerprint density at radius 2 is 2.19 bits per heavy atom. The maximum absolute atomic E-state index is 13.1. The average molecular weight is 222 g/mol. The Bertz CT molecular complexity index is 466. The SMILES string of the molecule is CNCCCCc1nnc2ccc(F)cn12. The second kappa shape index (κ2) is 5.03. The maximum Gasteiger partial charge on any atom is 0.160 e. The summed E-state index contributed by atoms with van der Waals surface area (Å²) in [4.78, 5) is 0. The fraction of sp³-hybridized carbons (Fsp3) is 0.455. The number of aryl methyl sites for hydroxylation is 1. The van der Waals surface area contributed by atoms with Crippen LogP contribution in [0.4, 0.5) is 4.39 Å². The molecular weight excluding hydrogens is 207 g/mol. The predicted octanol–water partition coefficient (Wildman–Crippen LogP) is 1.41. The highest BCUT2D eigenvalue weighted by molar-refractivity contribution is 5.37. The molecule has 0 saturated heterocycles. The van der Waals surface area contributed by atoms with Crippen LogP contribution in [0.25, 0.3) is 5.65 Å². The monoisotopic (exact) mass is 222 g/mol. The molecule has 5 heteroatoms. The quantitative estimate of drug-likeness (QED) is 0.778. The zero-order valence-electron chi connectivity index (χ0n) is 9.28. The van der Waals surface area contributed by atoms with Crippen molar-refractivity contribution in [3.8, 4) is 0 Å². The molecular formula is C11H15FN4. The Kier molecular flexibility index (Phi) is 3.46. The van der Waals surface area contributed by atoms with E-state index in [1.165, 1.54) is 12.3 Å². The van der Waals surface area contributed by atoms with Crippen LogP contribution in [0.5, 0.6) is 0 Å². The van der Waals surface area contributed by atoms with Gasteiger partial charge in [-0.3, -0.25) is 4.40 Å². The molecule has 4 nitrogen and oxygen atoms in total. The van der Waals surface area contributed by atoms with E-state index in [9.17, 15) is 4.39 Å². The Balaban J connectivity index is 2.09. The molecule has 86 valence electrons. The molecule has 0 aliphatic heterocycles. The number of pyridine rings is 1. The van der Waals surface area contributed by atoms with Crippen LogP contribution in [0.3, 0.4) is 0 Å². The molecule has 16 heavy (non-hydrogen) atoms. The second-order valence-corrected chi connectivity index (χ2v) is 3.75. The van der Waals surface area contributed by atoms with Gasteiger partial charge >= 0.3 is 0 Å². The molecule has 1 N–H and O–H groups in total. The maximum atomic E-state index is 13.1. The largest absolute Gasteiger partial charge is 0.320 e. The molecule has 0 aliphatic carbocycles. The third-order valence-electron chi connectivity index (χ3n) is 2.51. The van der Waals surface area contributed by atoms with Gasteiger partial charge in [-0.1, -0.05) is 0 Å². The number of hydrogen-bond acceptors (Lipinski definition) is 3. The normalized spacial score (nSPS) is 11.1. The Morgan fingerprint density at radius 3 is 3.00 bits per heavy atom. The van der Waals surface area contributed by atoms with Crippen LogP contribution in [0, 0.1) is 5.82 Å². The summed E-state index contributed by atoms with van der Waals surface area (Å²) in [5, 5.41) is 11.1. The third-order valence-corrected chi connectivity index (χ3v) is 2.51. The molecule has 2 aromatic heterocycles. The number of rotatable bonds is 5. The number of nitrogens with zero attached hydrogens (tertiary/aromatic N) is 3.